The minimum absolute atomic E-state index is 0.484. The molecule has 0 fully saturated rings. The molecule has 4 nitrogen and oxygen atoms in total. The molecule has 108 valence electrons. The lowest BCUT2D eigenvalue weighted by Crippen LogP contribution is -2.45. The maximum atomic E-state index is 11.6. The third-order valence-electron chi connectivity index (χ3n) is 3.94. The highest BCUT2D eigenvalue weighted by molar-refractivity contribution is 5.74. The number of rotatable bonds is 3. The molecule has 1 aliphatic heterocycles. The van der Waals surface area contributed by atoms with Crippen LogP contribution < -0.4 is 0 Å². The molecule has 1 N–H and O–H groups in total. The van der Waals surface area contributed by atoms with Gasteiger partial charge in [0.05, 0.1) is 5.69 Å². The van der Waals surface area contributed by atoms with Crippen molar-refractivity contribution in [2.24, 2.45) is 0 Å². The molecule has 0 radical (unpaired) electrons. The monoisotopic (exact) mass is 282 g/mol. The zero-order valence-electron chi connectivity index (χ0n) is 12.0. The molecule has 3 rings (SSSR count). The fraction of sp³-hybridized carbons (Fsp3) is 0.294. The third kappa shape index (κ3) is 2.95. The summed E-state index contributed by atoms with van der Waals surface area (Å²) in [7, 11) is 0. The van der Waals surface area contributed by atoms with Crippen LogP contribution in [0.5, 0.6) is 0 Å². The Morgan fingerprint density at radius 2 is 2.00 bits per heavy atom. The number of aryl methyl sites for hydroxylation is 1. The number of benzene rings is 1. The van der Waals surface area contributed by atoms with Crippen molar-refractivity contribution in [1.82, 2.24) is 9.88 Å². The lowest BCUT2D eigenvalue weighted by Gasteiger charge is -2.34. The number of carbonyl (C=O) groups is 1. The van der Waals surface area contributed by atoms with E-state index >= 15 is 0 Å². The normalized spacial score (nSPS) is 18.2. The Labute approximate surface area is 124 Å². The first-order valence-corrected chi connectivity index (χ1v) is 7.09. The summed E-state index contributed by atoms with van der Waals surface area (Å²) in [4.78, 5) is 18.0. The van der Waals surface area contributed by atoms with Crippen molar-refractivity contribution in [2.45, 2.75) is 32.5 Å². The number of hydrogen-bond donors (Lipinski definition) is 1. The average Bonchev–Trinajstić information content (AvgIpc) is 2.46. The topological polar surface area (TPSA) is 53.4 Å². The summed E-state index contributed by atoms with van der Waals surface area (Å²) in [6.45, 7) is 3.17. The van der Waals surface area contributed by atoms with Gasteiger partial charge in [0.15, 0.2) is 0 Å². The Morgan fingerprint density at radius 3 is 2.71 bits per heavy atom. The number of aromatic nitrogens is 1. The third-order valence-corrected chi connectivity index (χ3v) is 3.94. The van der Waals surface area contributed by atoms with Gasteiger partial charge in [-0.15, -0.1) is 0 Å². The van der Waals surface area contributed by atoms with Crippen molar-refractivity contribution in [3.05, 3.63) is 65.0 Å². The summed E-state index contributed by atoms with van der Waals surface area (Å²) >= 11 is 0. The Bertz CT molecular complexity index is 669. The van der Waals surface area contributed by atoms with Crippen LogP contribution in [0, 0.1) is 6.92 Å². The second-order valence-corrected chi connectivity index (χ2v) is 5.50. The maximum absolute atomic E-state index is 11.6. The van der Waals surface area contributed by atoms with E-state index in [0.717, 1.165) is 17.0 Å². The van der Waals surface area contributed by atoms with Crippen LogP contribution >= 0.6 is 0 Å². The molecular formula is C17H18N2O2. The molecule has 21 heavy (non-hydrogen) atoms. The van der Waals surface area contributed by atoms with Crippen molar-refractivity contribution < 1.29 is 9.90 Å². The predicted molar refractivity (Wildman–Crippen MR) is 79.8 cm³/mol. The van der Waals surface area contributed by atoms with Gasteiger partial charge in [0.25, 0.3) is 0 Å². The quantitative estimate of drug-likeness (QED) is 0.939. The van der Waals surface area contributed by atoms with E-state index in [1.54, 1.807) is 0 Å². The highest BCUT2D eigenvalue weighted by Crippen LogP contribution is 2.24. The van der Waals surface area contributed by atoms with Gasteiger partial charge in [0.1, 0.15) is 6.04 Å². The molecular weight excluding hydrogens is 264 g/mol. The van der Waals surface area contributed by atoms with Crippen LogP contribution in [-0.2, 0) is 24.3 Å². The van der Waals surface area contributed by atoms with Gasteiger partial charge in [-0.2, -0.15) is 0 Å². The first-order chi connectivity index (χ1) is 10.1. The molecule has 1 aromatic carbocycles. The van der Waals surface area contributed by atoms with Gasteiger partial charge in [-0.3, -0.25) is 14.7 Å². The Kier molecular flexibility index (Phi) is 3.71. The SMILES string of the molecule is Cc1cccc(CN2Cc3ccccc3C[C@H]2C(=O)O)n1. The van der Waals surface area contributed by atoms with Gasteiger partial charge in [-0.05, 0) is 36.6 Å². The number of fused-ring (bicyclic) bond motifs is 1. The van der Waals surface area contributed by atoms with Crippen LogP contribution in [0.1, 0.15) is 22.5 Å². The highest BCUT2D eigenvalue weighted by atomic mass is 16.4. The van der Waals surface area contributed by atoms with E-state index in [1.807, 2.05) is 48.2 Å². The van der Waals surface area contributed by atoms with Crippen molar-refractivity contribution in [3.8, 4) is 0 Å². The van der Waals surface area contributed by atoms with Crippen LogP contribution in [-0.4, -0.2) is 27.0 Å². The summed E-state index contributed by atoms with van der Waals surface area (Å²) in [5.41, 5.74) is 4.22. The van der Waals surface area contributed by atoms with Crippen LogP contribution in [0.15, 0.2) is 42.5 Å². The minimum atomic E-state index is -0.767. The lowest BCUT2D eigenvalue weighted by molar-refractivity contribution is -0.144. The van der Waals surface area contributed by atoms with E-state index in [9.17, 15) is 9.90 Å². The molecule has 0 unspecified atom stereocenters. The molecule has 0 saturated carbocycles. The average molecular weight is 282 g/mol. The first-order valence-electron chi connectivity index (χ1n) is 7.09. The molecule has 2 aromatic rings. The zero-order chi connectivity index (χ0) is 14.8. The van der Waals surface area contributed by atoms with E-state index in [0.29, 0.717) is 19.5 Å². The van der Waals surface area contributed by atoms with E-state index < -0.39 is 12.0 Å². The van der Waals surface area contributed by atoms with Crippen molar-refractivity contribution >= 4 is 5.97 Å². The molecule has 2 heterocycles. The molecule has 0 saturated heterocycles. The van der Waals surface area contributed by atoms with E-state index in [-0.39, 0.29) is 0 Å². The fourth-order valence-electron chi connectivity index (χ4n) is 2.88. The summed E-state index contributed by atoms with van der Waals surface area (Å²) in [6.07, 6.45) is 0.553. The summed E-state index contributed by atoms with van der Waals surface area (Å²) in [5, 5.41) is 9.50. The lowest BCUT2D eigenvalue weighted by atomic mass is 9.94. The molecule has 0 aliphatic carbocycles. The van der Waals surface area contributed by atoms with E-state index in [1.165, 1.54) is 5.56 Å². The van der Waals surface area contributed by atoms with Gasteiger partial charge in [-0.1, -0.05) is 30.3 Å². The number of carboxylic acid groups (broad SMARTS) is 1. The number of carboxylic acids is 1. The maximum Gasteiger partial charge on any atom is 0.321 e. The van der Waals surface area contributed by atoms with Crippen LogP contribution in [0.3, 0.4) is 0 Å². The largest absolute Gasteiger partial charge is 0.480 e. The van der Waals surface area contributed by atoms with Gasteiger partial charge < -0.3 is 5.11 Å². The van der Waals surface area contributed by atoms with Crippen molar-refractivity contribution in [3.63, 3.8) is 0 Å². The second kappa shape index (κ2) is 5.66. The van der Waals surface area contributed by atoms with Crippen molar-refractivity contribution in [1.29, 1.82) is 0 Å². The second-order valence-electron chi connectivity index (χ2n) is 5.50. The minimum Gasteiger partial charge on any atom is -0.480 e. The molecule has 0 spiro atoms. The smallest absolute Gasteiger partial charge is 0.321 e. The van der Waals surface area contributed by atoms with E-state index in [2.05, 4.69) is 11.1 Å². The molecule has 1 aliphatic rings. The summed E-state index contributed by atoms with van der Waals surface area (Å²) in [6, 6.07) is 13.4. The zero-order valence-corrected chi connectivity index (χ0v) is 12.0. The molecule has 1 atom stereocenters. The highest BCUT2D eigenvalue weighted by Gasteiger charge is 2.31. The van der Waals surface area contributed by atoms with Crippen LogP contribution in [0.4, 0.5) is 0 Å². The Balaban J connectivity index is 1.87. The number of hydrogen-bond acceptors (Lipinski definition) is 3. The Morgan fingerprint density at radius 1 is 1.24 bits per heavy atom. The van der Waals surface area contributed by atoms with Gasteiger partial charge >= 0.3 is 5.97 Å². The van der Waals surface area contributed by atoms with Gasteiger partial charge in [0.2, 0.25) is 0 Å². The van der Waals surface area contributed by atoms with Gasteiger partial charge in [-0.25, -0.2) is 0 Å². The summed E-state index contributed by atoms with van der Waals surface area (Å²) < 4.78 is 0. The molecule has 1 aromatic heterocycles. The molecule has 4 heteroatoms. The standard InChI is InChI=1S/C17H18N2O2/c1-12-5-4-8-15(18-12)11-19-10-14-7-3-2-6-13(14)9-16(19)17(20)21/h2-8,16H,9-11H2,1H3,(H,20,21)/t16-/m0/s1. The van der Waals surface area contributed by atoms with Crippen molar-refractivity contribution in [2.75, 3.05) is 0 Å². The number of aliphatic carboxylic acids is 1. The van der Waals surface area contributed by atoms with Crippen LogP contribution in [0.25, 0.3) is 0 Å². The summed E-state index contributed by atoms with van der Waals surface area (Å²) in [5.74, 6) is -0.767. The van der Waals surface area contributed by atoms with Gasteiger partial charge in [0, 0.05) is 18.8 Å². The number of nitrogens with zero attached hydrogens (tertiary/aromatic N) is 2. The predicted octanol–water partition coefficient (Wildman–Crippen LogP) is 2.40. The fourth-order valence-corrected chi connectivity index (χ4v) is 2.88. The molecule has 0 amide bonds. The first kappa shape index (κ1) is 13.8. The van der Waals surface area contributed by atoms with Crippen LogP contribution in [0.2, 0.25) is 0 Å². The molecule has 0 bridgehead atoms. The Hall–Kier alpha value is -2.20. The number of pyridine rings is 1. The van der Waals surface area contributed by atoms with E-state index in [4.69, 9.17) is 0 Å².